The molecule has 1 saturated carbocycles. The normalized spacial score (nSPS) is 16.6. The van der Waals surface area contributed by atoms with Crippen molar-refractivity contribution in [2.75, 3.05) is 0 Å². The highest BCUT2D eigenvalue weighted by atomic mass is 32.1. The maximum Gasteiger partial charge on any atom is 0.0934 e. The summed E-state index contributed by atoms with van der Waals surface area (Å²) in [5, 5.41) is 10.4. The molecule has 2 rings (SSSR count). The van der Waals surface area contributed by atoms with Gasteiger partial charge in [-0.1, -0.05) is 13.8 Å². The van der Waals surface area contributed by atoms with Crippen LogP contribution < -0.4 is 0 Å². The molecule has 0 atom stereocenters. The third-order valence-electron chi connectivity index (χ3n) is 2.46. The quantitative estimate of drug-likeness (QED) is 0.830. The Balaban J connectivity index is 2.17. The number of thiazole rings is 1. The SMILES string of the molecule is CC(C)Cc1nc(C2CC2)c(CO)s1. The Bertz CT molecular complexity index is 315. The molecule has 1 aliphatic carbocycles. The van der Waals surface area contributed by atoms with Crippen molar-refractivity contribution in [2.24, 2.45) is 5.92 Å². The van der Waals surface area contributed by atoms with Crippen LogP contribution in [0, 0.1) is 5.92 Å². The number of hydrogen-bond donors (Lipinski definition) is 1. The molecule has 1 heterocycles. The molecule has 1 aliphatic rings. The minimum absolute atomic E-state index is 0.168. The van der Waals surface area contributed by atoms with Crippen molar-refractivity contribution in [1.29, 1.82) is 0 Å². The summed E-state index contributed by atoms with van der Waals surface area (Å²) in [6, 6.07) is 0. The molecule has 1 fully saturated rings. The molecule has 0 amide bonds. The molecule has 0 unspecified atom stereocenters. The predicted molar refractivity (Wildman–Crippen MR) is 58.6 cm³/mol. The van der Waals surface area contributed by atoms with Crippen molar-refractivity contribution in [1.82, 2.24) is 4.98 Å². The first-order valence-corrected chi connectivity index (χ1v) is 6.11. The highest BCUT2D eigenvalue weighted by Gasteiger charge is 2.29. The second-order valence-corrected chi connectivity index (χ2v) is 5.61. The zero-order chi connectivity index (χ0) is 10.1. The molecule has 0 aliphatic heterocycles. The third-order valence-corrected chi connectivity index (χ3v) is 3.54. The van der Waals surface area contributed by atoms with E-state index in [0.29, 0.717) is 11.8 Å². The molecule has 0 saturated heterocycles. The van der Waals surface area contributed by atoms with Crippen molar-refractivity contribution in [2.45, 2.75) is 45.6 Å². The molecule has 0 bridgehead atoms. The smallest absolute Gasteiger partial charge is 0.0934 e. The Morgan fingerprint density at radius 2 is 2.21 bits per heavy atom. The van der Waals surface area contributed by atoms with Gasteiger partial charge in [-0.05, 0) is 18.8 Å². The van der Waals surface area contributed by atoms with E-state index in [1.54, 1.807) is 11.3 Å². The van der Waals surface area contributed by atoms with E-state index in [2.05, 4.69) is 18.8 Å². The van der Waals surface area contributed by atoms with Gasteiger partial charge in [-0.25, -0.2) is 4.98 Å². The minimum atomic E-state index is 0.168. The monoisotopic (exact) mass is 211 g/mol. The van der Waals surface area contributed by atoms with Crippen molar-refractivity contribution in [3.05, 3.63) is 15.6 Å². The lowest BCUT2D eigenvalue weighted by Gasteiger charge is -1.98. The van der Waals surface area contributed by atoms with Crippen LogP contribution in [-0.2, 0) is 13.0 Å². The lowest BCUT2D eigenvalue weighted by molar-refractivity contribution is 0.284. The van der Waals surface area contributed by atoms with E-state index in [9.17, 15) is 5.11 Å². The first kappa shape index (κ1) is 10.1. The Labute approximate surface area is 89.0 Å². The van der Waals surface area contributed by atoms with Gasteiger partial charge in [0.05, 0.1) is 22.2 Å². The summed E-state index contributed by atoms with van der Waals surface area (Å²) in [7, 11) is 0. The first-order chi connectivity index (χ1) is 6.70. The fourth-order valence-electron chi connectivity index (χ4n) is 1.64. The van der Waals surface area contributed by atoms with Gasteiger partial charge in [0.1, 0.15) is 0 Å². The minimum Gasteiger partial charge on any atom is -0.391 e. The van der Waals surface area contributed by atoms with Crippen LogP contribution in [0.2, 0.25) is 0 Å². The molecule has 0 aromatic carbocycles. The van der Waals surface area contributed by atoms with Gasteiger partial charge in [0.15, 0.2) is 0 Å². The van der Waals surface area contributed by atoms with Gasteiger partial charge in [0, 0.05) is 12.3 Å². The average Bonchev–Trinajstić information content (AvgIpc) is 2.88. The Kier molecular flexibility index (Phi) is 2.88. The molecule has 14 heavy (non-hydrogen) atoms. The van der Waals surface area contributed by atoms with Gasteiger partial charge < -0.3 is 5.11 Å². The fourth-order valence-corrected chi connectivity index (χ4v) is 2.87. The summed E-state index contributed by atoms with van der Waals surface area (Å²) >= 11 is 1.70. The van der Waals surface area contributed by atoms with E-state index in [-0.39, 0.29) is 6.61 Å². The van der Waals surface area contributed by atoms with Crippen LogP contribution in [0.1, 0.15) is 48.2 Å². The lowest BCUT2D eigenvalue weighted by Crippen LogP contribution is -1.93. The van der Waals surface area contributed by atoms with Gasteiger partial charge in [0.25, 0.3) is 0 Å². The van der Waals surface area contributed by atoms with E-state index in [4.69, 9.17) is 0 Å². The maximum absolute atomic E-state index is 9.21. The van der Waals surface area contributed by atoms with E-state index >= 15 is 0 Å². The molecule has 0 spiro atoms. The highest BCUT2D eigenvalue weighted by molar-refractivity contribution is 7.11. The van der Waals surface area contributed by atoms with E-state index in [1.807, 2.05) is 0 Å². The first-order valence-electron chi connectivity index (χ1n) is 5.30. The Morgan fingerprint density at radius 1 is 1.50 bits per heavy atom. The topological polar surface area (TPSA) is 33.1 Å². The molecular weight excluding hydrogens is 194 g/mol. The molecule has 1 aromatic rings. The van der Waals surface area contributed by atoms with Crippen LogP contribution in [0.15, 0.2) is 0 Å². The molecular formula is C11H17NOS. The van der Waals surface area contributed by atoms with Gasteiger partial charge in [-0.3, -0.25) is 0 Å². The van der Waals surface area contributed by atoms with Crippen LogP contribution in [0.3, 0.4) is 0 Å². The number of aromatic nitrogens is 1. The van der Waals surface area contributed by atoms with Crippen LogP contribution in [0.4, 0.5) is 0 Å². The Morgan fingerprint density at radius 3 is 2.71 bits per heavy atom. The number of nitrogens with zero attached hydrogens (tertiary/aromatic N) is 1. The van der Waals surface area contributed by atoms with Crippen LogP contribution in [-0.4, -0.2) is 10.1 Å². The van der Waals surface area contributed by atoms with E-state index in [1.165, 1.54) is 23.5 Å². The summed E-state index contributed by atoms with van der Waals surface area (Å²) in [6.45, 7) is 4.58. The summed E-state index contributed by atoms with van der Waals surface area (Å²) < 4.78 is 0. The van der Waals surface area contributed by atoms with Gasteiger partial charge in [-0.2, -0.15) is 0 Å². The molecule has 78 valence electrons. The van der Waals surface area contributed by atoms with Gasteiger partial charge in [-0.15, -0.1) is 11.3 Å². The van der Waals surface area contributed by atoms with Crippen molar-refractivity contribution in [3.63, 3.8) is 0 Å². The Hall–Kier alpha value is -0.410. The second-order valence-electron chi connectivity index (χ2n) is 4.45. The molecule has 1 N–H and O–H groups in total. The van der Waals surface area contributed by atoms with Gasteiger partial charge >= 0.3 is 0 Å². The average molecular weight is 211 g/mol. The second kappa shape index (κ2) is 3.99. The van der Waals surface area contributed by atoms with Crippen LogP contribution in [0.5, 0.6) is 0 Å². The number of hydrogen-bond acceptors (Lipinski definition) is 3. The van der Waals surface area contributed by atoms with Crippen molar-refractivity contribution < 1.29 is 5.11 Å². The number of aliphatic hydroxyl groups is 1. The maximum atomic E-state index is 9.21. The predicted octanol–water partition coefficient (Wildman–Crippen LogP) is 2.71. The molecule has 1 aromatic heterocycles. The van der Waals surface area contributed by atoms with Crippen LogP contribution >= 0.6 is 11.3 Å². The fraction of sp³-hybridized carbons (Fsp3) is 0.727. The summed E-state index contributed by atoms with van der Waals surface area (Å²) in [4.78, 5) is 5.74. The number of rotatable bonds is 4. The van der Waals surface area contributed by atoms with E-state index in [0.717, 1.165) is 11.3 Å². The largest absolute Gasteiger partial charge is 0.391 e. The molecule has 2 nitrogen and oxygen atoms in total. The summed E-state index contributed by atoms with van der Waals surface area (Å²) in [5.41, 5.74) is 1.19. The third kappa shape index (κ3) is 2.15. The highest BCUT2D eigenvalue weighted by Crippen LogP contribution is 2.42. The molecule has 0 radical (unpaired) electrons. The summed E-state index contributed by atoms with van der Waals surface area (Å²) in [5.74, 6) is 1.31. The zero-order valence-electron chi connectivity index (χ0n) is 8.79. The van der Waals surface area contributed by atoms with Crippen molar-refractivity contribution >= 4 is 11.3 Å². The molecule has 3 heteroatoms. The summed E-state index contributed by atoms with van der Waals surface area (Å²) in [6.07, 6.45) is 3.57. The standard InChI is InChI=1S/C11H17NOS/c1-7(2)5-10-12-11(8-3-4-8)9(6-13)14-10/h7-8,13H,3-6H2,1-2H3. The number of aliphatic hydroxyl groups excluding tert-OH is 1. The van der Waals surface area contributed by atoms with Crippen molar-refractivity contribution in [3.8, 4) is 0 Å². The lowest BCUT2D eigenvalue weighted by atomic mass is 10.1. The van der Waals surface area contributed by atoms with E-state index < -0.39 is 0 Å². The van der Waals surface area contributed by atoms with Crippen LogP contribution in [0.25, 0.3) is 0 Å². The zero-order valence-corrected chi connectivity index (χ0v) is 9.60. The van der Waals surface area contributed by atoms with Gasteiger partial charge in [0.2, 0.25) is 0 Å².